The van der Waals surface area contributed by atoms with Crippen molar-refractivity contribution in [3.8, 4) is 0 Å². The smallest absolute Gasteiger partial charge is 0.339 e. The molecule has 0 atom stereocenters. The predicted octanol–water partition coefficient (Wildman–Crippen LogP) is 5.05. The second-order valence-corrected chi connectivity index (χ2v) is 8.36. The van der Waals surface area contributed by atoms with Gasteiger partial charge in [0, 0.05) is 30.6 Å². The predicted molar refractivity (Wildman–Crippen MR) is 110 cm³/mol. The van der Waals surface area contributed by atoms with Crippen molar-refractivity contribution in [3.63, 3.8) is 0 Å². The van der Waals surface area contributed by atoms with Crippen molar-refractivity contribution in [2.24, 2.45) is 0 Å². The molecule has 2 aliphatic rings. The van der Waals surface area contributed by atoms with Gasteiger partial charge in [0.1, 0.15) is 0 Å². The van der Waals surface area contributed by atoms with Crippen molar-refractivity contribution in [1.29, 1.82) is 0 Å². The van der Waals surface area contributed by atoms with Crippen LogP contribution in [0.25, 0.3) is 6.08 Å². The molecule has 0 radical (unpaired) electrons. The third-order valence-electron chi connectivity index (χ3n) is 5.23. The van der Waals surface area contributed by atoms with E-state index in [2.05, 4.69) is 0 Å². The summed E-state index contributed by atoms with van der Waals surface area (Å²) in [6, 6.07) is 9.99. The highest BCUT2D eigenvalue weighted by Gasteiger charge is 2.31. The molecule has 0 unspecified atom stereocenters. The molecular weight excluding hydrogens is 413 g/mol. The van der Waals surface area contributed by atoms with Gasteiger partial charge in [-0.25, -0.2) is 0 Å². The number of fused-ring (bicyclic) bond motifs is 1. The minimum absolute atomic E-state index is 0.0350. The molecule has 4 nitrogen and oxygen atoms in total. The van der Waals surface area contributed by atoms with Crippen molar-refractivity contribution in [2.45, 2.75) is 23.9 Å². The largest absolute Gasteiger partial charge is 0.416 e. The van der Waals surface area contributed by atoms with E-state index in [1.807, 2.05) is 11.0 Å². The lowest BCUT2D eigenvalue weighted by Crippen LogP contribution is -2.31. The lowest BCUT2D eigenvalue weighted by atomic mass is 10.1. The molecule has 0 bridgehead atoms. The van der Waals surface area contributed by atoms with Crippen molar-refractivity contribution < 1.29 is 22.8 Å². The molecule has 30 heavy (non-hydrogen) atoms. The summed E-state index contributed by atoms with van der Waals surface area (Å²) in [5.74, 6) is -0.301. The normalized spacial score (nSPS) is 18.1. The standard InChI is InChI=1S/C22H19F3N2O2S/c1-26-17-13-15(20(28)27-10-2-3-11-27)6-9-18(17)30-19(21(26)29)12-14-4-7-16(8-5-14)22(23,24)25/h4-9,12-13H,2-3,10-11H2,1H3. The fourth-order valence-electron chi connectivity index (χ4n) is 3.55. The third kappa shape index (κ3) is 3.96. The monoisotopic (exact) mass is 432 g/mol. The van der Waals surface area contributed by atoms with E-state index in [0.717, 1.165) is 43.0 Å². The number of anilines is 1. The number of carbonyl (C=O) groups excluding carboxylic acids is 2. The van der Waals surface area contributed by atoms with Gasteiger partial charge in [-0.1, -0.05) is 23.9 Å². The number of thioether (sulfide) groups is 1. The van der Waals surface area contributed by atoms with Gasteiger partial charge in [-0.05, 0) is 54.8 Å². The Kier molecular flexibility index (Phi) is 5.36. The molecule has 2 aliphatic heterocycles. The van der Waals surface area contributed by atoms with E-state index < -0.39 is 11.7 Å². The van der Waals surface area contributed by atoms with Gasteiger partial charge in [-0.3, -0.25) is 9.59 Å². The Morgan fingerprint density at radius 1 is 1.07 bits per heavy atom. The van der Waals surface area contributed by atoms with E-state index in [0.29, 0.717) is 21.7 Å². The van der Waals surface area contributed by atoms with Gasteiger partial charge in [0.25, 0.3) is 11.8 Å². The number of likely N-dealkylation sites (tertiary alicyclic amines) is 1. The van der Waals surface area contributed by atoms with Crippen molar-refractivity contribution in [1.82, 2.24) is 4.90 Å². The maximum absolute atomic E-state index is 12.8. The van der Waals surface area contributed by atoms with Crippen molar-refractivity contribution in [2.75, 3.05) is 25.0 Å². The number of benzene rings is 2. The van der Waals surface area contributed by atoms with Gasteiger partial charge in [-0.15, -0.1) is 0 Å². The summed E-state index contributed by atoms with van der Waals surface area (Å²) in [6.07, 6.45) is -0.813. The molecule has 2 amide bonds. The third-order valence-corrected chi connectivity index (χ3v) is 6.31. The van der Waals surface area contributed by atoms with Crippen LogP contribution in [0.3, 0.4) is 0 Å². The first-order valence-corrected chi connectivity index (χ1v) is 10.3. The maximum Gasteiger partial charge on any atom is 0.416 e. The van der Waals surface area contributed by atoms with E-state index in [1.54, 1.807) is 25.3 Å². The molecule has 8 heteroatoms. The zero-order chi connectivity index (χ0) is 21.5. The second-order valence-electron chi connectivity index (χ2n) is 7.28. The van der Waals surface area contributed by atoms with E-state index in [4.69, 9.17) is 0 Å². The SMILES string of the molecule is CN1C(=O)C(=Cc2ccc(C(F)(F)F)cc2)Sc2ccc(C(=O)N3CCCC3)cc21. The molecule has 0 aromatic heterocycles. The van der Waals surface area contributed by atoms with E-state index >= 15 is 0 Å². The fraction of sp³-hybridized carbons (Fsp3) is 0.273. The van der Waals surface area contributed by atoms with Crippen LogP contribution >= 0.6 is 11.8 Å². The van der Waals surface area contributed by atoms with Crippen LogP contribution in [0, 0.1) is 0 Å². The second kappa shape index (κ2) is 7.83. The molecule has 2 heterocycles. The van der Waals surface area contributed by atoms with Crippen LogP contribution in [0.2, 0.25) is 0 Å². The quantitative estimate of drug-likeness (QED) is 0.624. The van der Waals surface area contributed by atoms with Gasteiger partial charge in [0.15, 0.2) is 0 Å². The topological polar surface area (TPSA) is 40.6 Å². The Bertz CT molecular complexity index is 1030. The van der Waals surface area contributed by atoms with Crippen LogP contribution in [-0.2, 0) is 11.0 Å². The van der Waals surface area contributed by atoms with Gasteiger partial charge in [0.2, 0.25) is 0 Å². The average Bonchev–Trinajstić information content (AvgIpc) is 3.26. The number of hydrogen-bond acceptors (Lipinski definition) is 3. The van der Waals surface area contributed by atoms with Crippen molar-refractivity contribution >= 4 is 35.3 Å². The molecular formula is C22H19F3N2O2S. The minimum Gasteiger partial charge on any atom is -0.339 e. The van der Waals surface area contributed by atoms with Crippen LogP contribution in [0.5, 0.6) is 0 Å². The number of nitrogens with zero attached hydrogens (tertiary/aromatic N) is 2. The molecule has 156 valence electrons. The summed E-state index contributed by atoms with van der Waals surface area (Å²) in [5.41, 5.74) is 0.979. The Morgan fingerprint density at radius 3 is 2.37 bits per heavy atom. The van der Waals surface area contributed by atoms with Crippen LogP contribution in [0.15, 0.2) is 52.3 Å². The molecule has 0 aliphatic carbocycles. The zero-order valence-corrected chi connectivity index (χ0v) is 17.0. The van der Waals surface area contributed by atoms with Gasteiger partial charge >= 0.3 is 6.18 Å². The number of rotatable bonds is 2. The molecule has 2 aromatic carbocycles. The highest BCUT2D eigenvalue weighted by atomic mass is 32.2. The first-order valence-electron chi connectivity index (χ1n) is 9.52. The van der Waals surface area contributed by atoms with Crippen LogP contribution < -0.4 is 4.90 Å². The Hall–Kier alpha value is -2.74. The summed E-state index contributed by atoms with van der Waals surface area (Å²) in [4.78, 5) is 30.0. The molecule has 0 spiro atoms. The number of amides is 2. The van der Waals surface area contributed by atoms with E-state index in [-0.39, 0.29) is 11.8 Å². The number of carbonyl (C=O) groups is 2. The zero-order valence-electron chi connectivity index (χ0n) is 16.2. The van der Waals surface area contributed by atoms with Gasteiger partial charge in [-0.2, -0.15) is 13.2 Å². The average molecular weight is 432 g/mol. The summed E-state index contributed by atoms with van der Waals surface area (Å²) >= 11 is 1.25. The molecule has 1 fully saturated rings. The highest BCUT2D eigenvalue weighted by Crippen LogP contribution is 2.42. The van der Waals surface area contributed by atoms with Crippen LogP contribution in [0.4, 0.5) is 18.9 Å². The summed E-state index contributed by atoms with van der Waals surface area (Å²) in [6.45, 7) is 1.50. The number of halogens is 3. The van der Waals surface area contributed by atoms with E-state index in [9.17, 15) is 22.8 Å². The van der Waals surface area contributed by atoms with E-state index in [1.165, 1.54) is 28.8 Å². The summed E-state index contributed by atoms with van der Waals surface area (Å²) in [7, 11) is 1.63. The first-order chi connectivity index (χ1) is 14.2. The van der Waals surface area contributed by atoms with Crippen molar-refractivity contribution in [3.05, 3.63) is 64.1 Å². The minimum atomic E-state index is -4.40. The summed E-state index contributed by atoms with van der Waals surface area (Å²) < 4.78 is 38.2. The van der Waals surface area contributed by atoms with Crippen LogP contribution in [0.1, 0.15) is 34.3 Å². The van der Waals surface area contributed by atoms with Gasteiger partial charge < -0.3 is 9.80 Å². The Balaban J connectivity index is 1.60. The van der Waals surface area contributed by atoms with Gasteiger partial charge in [0.05, 0.1) is 16.2 Å². The maximum atomic E-state index is 12.8. The Morgan fingerprint density at radius 2 is 1.73 bits per heavy atom. The first kappa shape index (κ1) is 20.5. The lowest BCUT2D eigenvalue weighted by Gasteiger charge is -2.28. The summed E-state index contributed by atoms with van der Waals surface area (Å²) in [5, 5.41) is 0. The van der Waals surface area contributed by atoms with Crippen LogP contribution in [-0.4, -0.2) is 36.9 Å². The number of likely N-dealkylation sites (N-methyl/N-ethyl adjacent to an activating group) is 1. The number of alkyl halides is 3. The molecule has 2 aromatic rings. The lowest BCUT2D eigenvalue weighted by molar-refractivity contribution is -0.137. The number of hydrogen-bond donors (Lipinski definition) is 0. The highest BCUT2D eigenvalue weighted by molar-refractivity contribution is 8.04. The molecule has 1 saturated heterocycles. The Labute approximate surface area is 176 Å². The molecule has 4 rings (SSSR count). The molecule has 0 N–H and O–H groups in total. The fourth-order valence-corrected chi connectivity index (χ4v) is 4.64. The molecule has 0 saturated carbocycles.